The zero-order valence-electron chi connectivity index (χ0n) is 13.5. The molecule has 2 aromatic rings. The van der Waals surface area contributed by atoms with Gasteiger partial charge in [0.1, 0.15) is 5.60 Å². The van der Waals surface area contributed by atoms with Crippen LogP contribution in [0, 0.1) is 10.1 Å². The lowest BCUT2D eigenvalue weighted by molar-refractivity contribution is -0.384. The molecule has 8 nitrogen and oxygen atoms in total. The van der Waals surface area contributed by atoms with E-state index < -0.39 is 22.5 Å². The van der Waals surface area contributed by atoms with Crippen LogP contribution in [0.4, 0.5) is 10.5 Å². The van der Waals surface area contributed by atoms with Crippen molar-refractivity contribution in [1.29, 1.82) is 0 Å². The van der Waals surface area contributed by atoms with Gasteiger partial charge < -0.3 is 10.5 Å². The third-order valence-electron chi connectivity index (χ3n) is 3.09. The molecule has 0 unspecified atom stereocenters. The zero-order valence-corrected chi connectivity index (χ0v) is 13.5. The molecule has 126 valence electrons. The Balaban J connectivity index is 2.44. The molecule has 0 radical (unpaired) electrons. The molecule has 2 rings (SSSR count). The van der Waals surface area contributed by atoms with Gasteiger partial charge in [0, 0.05) is 30.1 Å². The Morgan fingerprint density at radius 1 is 1.17 bits per heavy atom. The molecule has 1 amide bonds. The van der Waals surface area contributed by atoms with Gasteiger partial charge in [-0.15, -0.1) is 0 Å². The predicted molar refractivity (Wildman–Crippen MR) is 86.7 cm³/mol. The van der Waals surface area contributed by atoms with Gasteiger partial charge in [0.05, 0.1) is 10.5 Å². The van der Waals surface area contributed by atoms with E-state index in [1.165, 1.54) is 36.7 Å². The van der Waals surface area contributed by atoms with Gasteiger partial charge >= 0.3 is 6.09 Å². The number of primary amides is 1. The van der Waals surface area contributed by atoms with E-state index in [9.17, 15) is 19.7 Å². The molecule has 0 aliphatic rings. The number of benzene rings is 1. The summed E-state index contributed by atoms with van der Waals surface area (Å²) in [7, 11) is 0. The minimum atomic E-state index is -0.717. The Morgan fingerprint density at radius 2 is 1.75 bits per heavy atom. The van der Waals surface area contributed by atoms with E-state index in [0.29, 0.717) is 11.1 Å². The van der Waals surface area contributed by atoms with Crippen LogP contribution in [-0.4, -0.2) is 27.1 Å². The van der Waals surface area contributed by atoms with Gasteiger partial charge in [0.2, 0.25) is 0 Å². The van der Waals surface area contributed by atoms with Crippen molar-refractivity contribution >= 4 is 17.7 Å². The number of non-ortho nitro benzene ring substituents is 1. The lowest BCUT2D eigenvalue weighted by Gasteiger charge is -2.19. The average Bonchev–Trinajstić information content (AvgIpc) is 2.91. The van der Waals surface area contributed by atoms with E-state index in [1.54, 1.807) is 20.8 Å². The summed E-state index contributed by atoms with van der Waals surface area (Å²) >= 11 is 0. The number of hydrogen-bond donors (Lipinski definition) is 1. The number of nitro groups is 1. The van der Waals surface area contributed by atoms with E-state index in [0.717, 1.165) is 4.57 Å². The first-order valence-corrected chi connectivity index (χ1v) is 7.08. The summed E-state index contributed by atoms with van der Waals surface area (Å²) in [6.07, 6.45) is 2.04. The highest BCUT2D eigenvalue weighted by atomic mass is 16.6. The van der Waals surface area contributed by atoms with Crippen LogP contribution in [0.5, 0.6) is 0 Å². The highest BCUT2D eigenvalue weighted by Crippen LogP contribution is 2.27. The van der Waals surface area contributed by atoms with Crippen molar-refractivity contribution in [2.75, 3.05) is 0 Å². The van der Waals surface area contributed by atoms with E-state index in [-0.39, 0.29) is 11.3 Å². The summed E-state index contributed by atoms with van der Waals surface area (Å²) in [6, 6.07) is 5.59. The van der Waals surface area contributed by atoms with Crippen LogP contribution in [0.3, 0.4) is 0 Å². The number of amides is 1. The van der Waals surface area contributed by atoms with Crippen molar-refractivity contribution in [3.8, 4) is 11.1 Å². The molecule has 24 heavy (non-hydrogen) atoms. The highest BCUT2D eigenvalue weighted by Gasteiger charge is 2.21. The monoisotopic (exact) mass is 331 g/mol. The van der Waals surface area contributed by atoms with E-state index >= 15 is 0 Å². The van der Waals surface area contributed by atoms with Crippen LogP contribution in [0.1, 0.15) is 31.1 Å². The van der Waals surface area contributed by atoms with Gasteiger partial charge in [-0.25, -0.2) is 4.79 Å². The lowest BCUT2D eigenvalue weighted by atomic mass is 10.0. The standard InChI is InChI=1S/C16H17N3O5/c1-16(2,3)24-15(21)18-8-12(13(9-18)14(17)20)10-4-6-11(7-5-10)19(22)23/h4-9H,1-3H3,(H2,17,20). The Bertz CT molecular complexity index is 800. The summed E-state index contributed by atoms with van der Waals surface area (Å²) < 4.78 is 6.37. The van der Waals surface area contributed by atoms with E-state index in [1.807, 2.05) is 0 Å². The van der Waals surface area contributed by atoms with Gasteiger partial charge in [-0.05, 0) is 38.5 Å². The molecule has 0 bridgehead atoms. The summed E-state index contributed by atoms with van der Waals surface area (Å²) in [6.45, 7) is 5.17. The maximum absolute atomic E-state index is 12.1. The van der Waals surface area contributed by atoms with Crippen LogP contribution >= 0.6 is 0 Å². The third-order valence-corrected chi connectivity index (χ3v) is 3.09. The predicted octanol–water partition coefficient (Wildman–Crippen LogP) is 2.95. The molecule has 0 saturated heterocycles. The number of ether oxygens (including phenoxy) is 1. The SMILES string of the molecule is CC(C)(C)OC(=O)n1cc(C(N)=O)c(-c2ccc([N+](=O)[O-])cc2)c1. The van der Waals surface area contributed by atoms with Crippen LogP contribution in [0.15, 0.2) is 36.7 Å². The van der Waals surface area contributed by atoms with Crippen LogP contribution in [-0.2, 0) is 4.74 Å². The van der Waals surface area contributed by atoms with Gasteiger partial charge in [0.25, 0.3) is 11.6 Å². The maximum Gasteiger partial charge on any atom is 0.418 e. The van der Waals surface area contributed by atoms with Crippen molar-refractivity contribution in [3.05, 3.63) is 52.3 Å². The summed E-state index contributed by atoms with van der Waals surface area (Å²) in [5, 5.41) is 10.7. The third kappa shape index (κ3) is 3.78. The number of carbonyl (C=O) groups excluding carboxylic acids is 2. The molecular formula is C16H17N3O5. The summed E-state index contributed by atoms with van der Waals surface area (Å²) in [5.74, 6) is -0.717. The van der Waals surface area contributed by atoms with Crippen molar-refractivity contribution in [3.63, 3.8) is 0 Å². The zero-order chi connectivity index (χ0) is 18.1. The number of nitro benzene ring substituents is 1. The number of rotatable bonds is 3. The van der Waals surface area contributed by atoms with Gasteiger partial charge in [0.15, 0.2) is 0 Å². The second-order valence-corrected chi connectivity index (χ2v) is 6.14. The minimum Gasteiger partial charge on any atom is -0.443 e. The normalized spacial score (nSPS) is 11.1. The number of aromatic nitrogens is 1. The number of nitrogens with two attached hydrogens (primary N) is 1. The largest absolute Gasteiger partial charge is 0.443 e. The summed E-state index contributed by atoms with van der Waals surface area (Å²) in [4.78, 5) is 34.0. The maximum atomic E-state index is 12.1. The Morgan fingerprint density at radius 3 is 2.21 bits per heavy atom. The Hall–Kier alpha value is -3.16. The molecule has 8 heteroatoms. The van der Waals surface area contributed by atoms with Crippen molar-refractivity contribution in [2.24, 2.45) is 5.73 Å². The van der Waals surface area contributed by atoms with Gasteiger partial charge in [-0.3, -0.25) is 19.5 Å². The summed E-state index contributed by atoms with van der Waals surface area (Å²) in [5.41, 5.74) is 5.62. The second kappa shape index (κ2) is 6.15. The molecule has 1 aromatic carbocycles. The van der Waals surface area contributed by atoms with Crippen LogP contribution in [0.2, 0.25) is 0 Å². The van der Waals surface area contributed by atoms with Crippen molar-refractivity contribution in [2.45, 2.75) is 26.4 Å². The molecule has 0 aliphatic heterocycles. The van der Waals surface area contributed by atoms with E-state index in [4.69, 9.17) is 10.5 Å². The first-order chi connectivity index (χ1) is 11.1. The molecule has 0 fully saturated rings. The average molecular weight is 331 g/mol. The number of nitrogens with zero attached hydrogens (tertiary/aromatic N) is 2. The Labute approximate surface area is 138 Å². The Kier molecular flexibility index (Phi) is 4.41. The smallest absolute Gasteiger partial charge is 0.418 e. The molecule has 0 saturated carbocycles. The van der Waals surface area contributed by atoms with Crippen molar-refractivity contribution < 1.29 is 19.2 Å². The lowest BCUT2D eigenvalue weighted by Crippen LogP contribution is -2.26. The van der Waals surface area contributed by atoms with E-state index in [2.05, 4.69) is 0 Å². The van der Waals surface area contributed by atoms with Crippen LogP contribution in [0.25, 0.3) is 11.1 Å². The van der Waals surface area contributed by atoms with Crippen LogP contribution < -0.4 is 5.73 Å². The fourth-order valence-corrected chi connectivity index (χ4v) is 2.06. The number of carbonyl (C=O) groups is 2. The van der Waals surface area contributed by atoms with Crippen molar-refractivity contribution in [1.82, 2.24) is 4.57 Å². The number of hydrogen-bond acceptors (Lipinski definition) is 5. The quantitative estimate of drug-likeness (QED) is 0.685. The molecule has 1 heterocycles. The first-order valence-electron chi connectivity index (χ1n) is 7.08. The fourth-order valence-electron chi connectivity index (χ4n) is 2.06. The molecule has 0 atom stereocenters. The molecule has 2 N–H and O–H groups in total. The molecule has 1 aromatic heterocycles. The van der Waals surface area contributed by atoms with Gasteiger partial charge in [-0.1, -0.05) is 0 Å². The minimum absolute atomic E-state index is 0.0778. The topological polar surface area (TPSA) is 117 Å². The molecular weight excluding hydrogens is 314 g/mol. The fraction of sp³-hybridized carbons (Fsp3) is 0.250. The van der Waals surface area contributed by atoms with Gasteiger partial charge in [-0.2, -0.15) is 0 Å². The molecule has 0 aliphatic carbocycles. The molecule has 0 spiro atoms. The highest BCUT2D eigenvalue weighted by molar-refractivity contribution is 6.00. The first kappa shape index (κ1) is 17.2. The second-order valence-electron chi connectivity index (χ2n) is 6.14.